The lowest BCUT2D eigenvalue weighted by molar-refractivity contribution is -0.129. The quantitative estimate of drug-likeness (QED) is 0.433. The van der Waals surface area contributed by atoms with E-state index >= 15 is 0 Å². The zero-order chi connectivity index (χ0) is 18.4. The lowest BCUT2D eigenvalue weighted by Crippen LogP contribution is -2.47. The Morgan fingerprint density at radius 2 is 1.48 bits per heavy atom. The van der Waals surface area contributed by atoms with E-state index < -0.39 is 0 Å². The van der Waals surface area contributed by atoms with Crippen molar-refractivity contribution in [1.29, 1.82) is 0 Å². The van der Waals surface area contributed by atoms with Crippen molar-refractivity contribution in [2.24, 2.45) is 22.2 Å². The molecule has 0 amide bonds. The average Bonchev–Trinajstić information content (AvgIpc) is 2.54. The Hall–Kier alpha value is -0.610. The molecule has 2 fully saturated rings. The molecule has 2 aliphatic rings. The molecule has 0 aromatic rings. The molecule has 0 saturated heterocycles. The van der Waals surface area contributed by atoms with Crippen molar-refractivity contribution in [3.05, 3.63) is 0 Å². The topological polar surface area (TPSA) is 66.8 Å². The van der Waals surface area contributed by atoms with Crippen molar-refractivity contribution in [3.8, 4) is 0 Å². The molecule has 146 valence electrons. The summed E-state index contributed by atoms with van der Waals surface area (Å²) < 4.78 is 4.89. The molecule has 2 rings (SSSR count). The number of carbonyl (C=O) groups is 1. The first-order valence-corrected chi connectivity index (χ1v) is 10.2. The van der Waals surface area contributed by atoms with Gasteiger partial charge in [-0.05, 0) is 92.8 Å². The summed E-state index contributed by atoms with van der Waals surface area (Å²) in [6.07, 6.45) is 12.4. The maximum absolute atomic E-state index is 10.4. The summed E-state index contributed by atoms with van der Waals surface area (Å²) >= 11 is 0. The van der Waals surface area contributed by atoms with Gasteiger partial charge in [0.1, 0.15) is 0 Å². The van der Waals surface area contributed by atoms with Crippen LogP contribution in [0.25, 0.3) is 0 Å². The molecule has 2 bridgehead atoms. The zero-order valence-electron chi connectivity index (χ0n) is 16.3. The fourth-order valence-corrected chi connectivity index (χ4v) is 6.63. The monoisotopic (exact) mass is 354 g/mol. The maximum atomic E-state index is 10.4. The van der Waals surface area contributed by atoms with Crippen LogP contribution in [-0.2, 0) is 9.53 Å². The predicted octanol–water partition coefficient (Wildman–Crippen LogP) is 4.08. The largest absolute Gasteiger partial charge is 0.468 e. The SMILES string of the molecule is CC1(CCCO)CC2CC(C)(CCCOC=O)CC(CCCO)(C2)C1. The van der Waals surface area contributed by atoms with Crippen LogP contribution < -0.4 is 0 Å². The zero-order valence-corrected chi connectivity index (χ0v) is 16.3. The number of hydrogen-bond donors (Lipinski definition) is 2. The van der Waals surface area contributed by atoms with Crippen molar-refractivity contribution in [3.63, 3.8) is 0 Å². The lowest BCUT2D eigenvalue weighted by atomic mass is 9.47. The summed E-state index contributed by atoms with van der Waals surface area (Å²) in [5, 5.41) is 18.7. The Bertz CT molecular complexity index is 424. The van der Waals surface area contributed by atoms with E-state index in [1.807, 2.05) is 0 Å². The highest BCUT2D eigenvalue weighted by Gasteiger charge is 2.52. The van der Waals surface area contributed by atoms with Gasteiger partial charge < -0.3 is 14.9 Å². The molecule has 0 aromatic heterocycles. The number of rotatable bonds is 11. The van der Waals surface area contributed by atoms with Gasteiger partial charge in [-0.1, -0.05) is 13.8 Å². The molecule has 2 aliphatic carbocycles. The van der Waals surface area contributed by atoms with Gasteiger partial charge in [-0.2, -0.15) is 0 Å². The smallest absolute Gasteiger partial charge is 0.293 e. The van der Waals surface area contributed by atoms with Gasteiger partial charge in [-0.3, -0.25) is 4.79 Å². The van der Waals surface area contributed by atoms with Crippen molar-refractivity contribution in [1.82, 2.24) is 0 Å². The van der Waals surface area contributed by atoms with Gasteiger partial charge in [-0.25, -0.2) is 0 Å². The summed E-state index contributed by atoms with van der Waals surface area (Å²) in [6.45, 7) is 6.49. The maximum Gasteiger partial charge on any atom is 0.293 e. The summed E-state index contributed by atoms with van der Waals surface area (Å²) in [7, 11) is 0. The van der Waals surface area contributed by atoms with Crippen LogP contribution >= 0.6 is 0 Å². The Morgan fingerprint density at radius 3 is 2.04 bits per heavy atom. The molecule has 0 radical (unpaired) electrons. The van der Waals surface area contributed by atoms with E-state index in [1.54, 1.807) is 0 Å². The fraction of sp³-hybridized carbons (Fsp3) is 0.952. The normalized spacial score (nSPS) is 37.7. The summed E-state index contributed by atoms with van der Waals surface area (Å²) in [6, 6.07) is 0. The number of fused-ring (bicyclic) bond motifs is 2. The number of aliphatic hydroxyl groups excluding tert-OH is 2. The Balaban J connectivity index is 2.09. The van der Waals surface area contributed by atoms with E-state index in [2.05, 4.69) is 13.8 Å². The third kappa shape index (κ3) is 5.68. The molecular weight excluding hydrogens is 316 g/mol. The highest BCUT2D eigenvalue weighted by Crippen LogP contribution is 2.63. The minimum atomic E-state index is 0.281. The second kappa shape index (κ2) is 8.85. The van der Waals surface area contributed by atoms with Crippen LogP contribution in [0, 0.1) is 22.2 Å². The van der Waals surface area contributed by atoms with Gasteiger partial charge in [0.15, 0.2) is 0 Å². The third-order valence-corrected chi connectivity index (χ3v) is 6.80. The number of carbonyl (C=O) groups excluding carboxylic acids is 1. The van der Waals surface area contributed by atoms with Gasteiger partial charge in [0, 0.05) is 13.2 Å². The van der Waals surface area contributed by atoms with E-state index in [4.69, 9.17) is 4.74 Å². The second-order valence-corrected chi connectivity index (χ2v) is 9.68. The van der Waals surface area contributed by atoms with Crippen LogP contribution in [0.2, 0.25) is 0 Å². The first-order chi connectivity index (χ1) is 11.9. The van der Waals surface area contributed by atoms with Crippen LogP contribution in [0.5, 0.6) is 0 Å². The summed E-state index contributed by atoms with van der Waals surface area (Å²) in [4.78, 5) is 10.4. The van der Waals surface area contributed by atoms with Crippen LogP contribution in [0.3, 0.4) is 0 Å². The lowest BCUT2D eigenvalue weighted by Gasteiger charge is -2.58. The molecule has 0 spiro atoms. The number of ether oxygens (including phenoxy) is 1. The van der Waals surface area contributed by atoms with Gasteiger partial charge in [0.2, 0.25) is 0 Å². The van der Waals surface area contributed by atoms with Crippen LogP contribution in [0.15, 0.2) is 0 Å². The highest BCUT2D eigenvalue weighted by atomic mass is 16.5. The molecule has 4 nitrogen and oxygen atoms in total. The molecule has 0 heterocycles. The van der Waals surface area contributed by atoms with Crippen LogP contribution in [-0.4, -0.2) is 36.5 Å². The van der Waals surface area contributed by atoms with Crippen molar-refractivity contribution < 1.29 is 19.7 Å². The van der Waals surface area contributed by atoms with E-state index in [1.165, 1.54) is 32.1 Å². The Kier molecular flexibility index (Phi) is 7.33. The Labute approximate surface area is 153 Å². The van der Waals surface area contributed by atoms with E-state index in [-0.39, 0.29) is 6.61 Å². The molecule has 4 unspecified atom stereocenters. The molecule has 0 aromatic carbocycles. The van der Waals surface area contributed by atoms with Crippen molar-refractivity contribution >= 4 is 6.47 Å². The number of aliphatic hydroxyl groups is 2. The van der Waals surface area contributed by atoms with Crippen molar-refractivity contribution in [2.75, 3.05) is 19.8 Å². The first-order valence-electron chi connectivity index (χ1n) is 10.2. The predicted molar refractivity (Wildman–Crippen MR) is 99.1 cm³/mol. The molecule has 25 heavy (non-hydrogen) atoms. The van der Waals surface area contributed by atoms with Crippen LogP contribution in [0.1, 0.15) is 84.5 Å². The average molecular weight is 355 g/mol. The third-order valence-electron chi connectivity index (χ3n) is 6.80. The van der Waals surface area contributed by atoms with E-state index in [9.17, 15) is 15.0 Å². The molecule has 2 N–H and O–H groups in total. The van der Waals surface area contributed by atoms with Gasteiger partial charge in [0.25, 0.3) is 6.47 Å². The summed E-state index contributed by atoms with van der Waals surface area (Å²) in [5.41, 5.74) is 1.00. The van der Waals surface area contributed by atoms with E-state index in [0.717, 1.165) is 44.4 Å². The minimum absolute atomic E-state index is 0.281. The molecule has 4 atom stereocenters. The highest BCUT2D eigenvalue weighted by molar-refractivity contribution is 5.36. The Morgan fingerprint density at radius 1 is 0.920 bits per heavy atom. The van der Waals surface area contributed by atoms with Gasteiger partial charge in [0.05, 0.1) is 6.61 Å². The van der Waals surface area contributed by atoms with Crippen LogP contribution in [0.4, 0.5) is 0 Å². The molecule has 4 heteroatoms. The standard InChI is InChI=1S/C21H38O4/c1-19(6-3-9-22)12-18-13-20(2,7-5-11-25-17-24)16-21(14-18,15-19)8-4-10-23/h17-18,22-23H,3-16H2,1-2H3. The first kappa shape index (κ1) is 20.7. The fourth-order valence-electron chi connectivity index (χ4n) is 6.63. The van der Waals surface area contributed by atoms with Crippen molar-refractivity contribution in [2.45, 2.75) is 84.5 Å². The second-order valence-electron chi connectivity index (χ2n) is 9.68. The summed E-state index contributed by atoms with van der Waals surface area (Å²) in [5.74, 6) is 0.752. The van der Waals surface area contributed by atoms with Gasteiger partial charge >= 0.3 is 0 Å². The molecular formula is C21H38O4. The molecule has 2 saturated carbocycles. The number of hydrogen-bond acceptors (Lipinski definition) is 4. The van der Waals surface area contributed by atoms with Gasteiger partial charge in [-0.15, -0.1) is 0 Å². The minimum Gasteiger partial charge on any atom is -0.468 e. The molecule has 0 aliphatic heterocycles. The van der Waals surface area contributed by atoms with E-state index in [0.29, 0.717) is 35.9 Å².